The van der Waals surface area contributed by atoms with E-state index in [1.807, 2.05) is 0 Å². The largest absolute Gasteiger partial charge is 0.472 e. The van der Waals surface area contributed by atoms with Gasteiger partial charge >= 0.3 is 39.5 Å². The highest BCUT2D eigenvalue weighted by Crippen LogP contribution is 2.45. The minimum atomic E-state index is -4.95. The molecule has 0 aliphatic rings. The van der Waals surface area contributed by atoms with Crippen molar-refractivity contribution in [3.8, 4) is 0 Å². The number of hydrogen-bond donors (Lipinski definition) is 3. The van der Waals surface area contributed by atoms with E-state index >= 15 is 0 Å². The lowest BCUT2D eigenvalue weighted by Crippen LogP contribution is -2.30. The van der Waals surface area contributed by atoms with Gasteiger partial charge in [-0.2, -0.15) is 0 Å². The van der Waals surface area contributed by atoms with Crippen molar-refractivity contribution >= 4 is 39.5 Å². The molecular formula is C67H130O17P2. The molecule has 0 spiro atoms. The lowest BCUT2D eigenvalue weighted by molar-refractivity contribution is -0.161. The van der Waals surface area contributed by atoms with Crippen LogP contribution in [0.25, 0.3) is 0 Å². The number of aliphatic hydroxyl groups excluding tert-OH is 1. The Morgan fingerprint density at radius 2 is 0.593 bits per heavy atom. The number of phosphoric ester groups is 2. The van der Waals surface area contributed by atoms with Crippen molar-refractivity contribution in [1.82, 2.24) is 0 Å². The van der Waals surface area contributed by atoms with Crippen LogP contribution < -0.4 is 0 Å². The Labute approximate surface area is 524 Å². The zero-order valence-electron chi connectivity index (χ0n) is 55.6. The highest BCUT2D eigenvalue weighted by Gasteiger charge is 2.30. The Balaban J connectivity index is 5.24. The van der Waals surface area contributed by atoms with Gasteiger partial charge < -0.3 is 33.8 Å². The first-order chi connectivity index (χ1) is 41.4. The average Bonchev–Trinajstić information content (AvgIpc) is 3.51. The number of rotatable bonds is 66. The molecule has 3 N–H and O–H groups in total. The Kier molecular flexibility index (Phi) is 58.0. The van der Waals surface area contributed by atoms with Crippen LogP contribution in [-0.4, -0.2) is 96.7 Å². The molecule has 0 heterocycles. The van der Waals surface area contributed by atoms with Crippen LogP contribution in [0.15, 0.2) is 0 Å². The van der Waals surface area contributed by atoms with Crippen molar-refractivity contribution in [2.45, 2.75) is 355 Å². The summed E-state index contributed by atoms with van der Waals surface area (Å²) in [5.74, 6) is -0.652. The number of esters is 4. The monoisotopic (exact) mass is 1270 g/mol. The quantitative estimate of drug-likeness (QED) is 0.0222. The van der Waals surface area contributed by atoms with Crippen molar-refractivity contribution in [2.24, 2.45) is 11.8 Å². The van der Waals surface area contributed by atoms with Crippen molar-refractivity contribution in [3.05, 3.63) is 0 Å². The van der Waals surface area contributed by atoms with E-state index in [9.17, 15) is 43.2 Å². The van der Waals surface area contributed by atoms with Crippen molar-refractivity contribution < 1.29 is 80.2 Å². The van der Waals surface area contributed by atoms with Gasteiger partial charge in [0.1, 0.15) is 19.3 Å². The third-order valence-electron chi connectivity index (χ3n) is 15.8. The maximum absolute atomic E-state index is 13.0. The van der Waals surface area contributed by atoms with Gasteiger partial charge in [-0.25, -0.2) is 9.13 Å². The van der Waals surface area contributed by atoms with Gasteiger partial charge in [-0.05, 0) is 37.5 Å². The predicted molar refractivity (Wildman–Crippen MR) is 345 cm³/mol. The van der Waals surface area contributed by atoms with E-state index in [0.717, 1.165) is 102 Å². The lowest BCUT2D eigenvalue weighted by atomic mass is 10.00. The molecule has 6 atom stereocenters. The summed E-state index contributed by atoms with van der Waals surface area (Å²) in [6.45, 7) is 9.46. The van der Waals surface area contributed by atoms with Crippen molar-refractivity contribution in [1.29, 1.82) is 0 Å². The number of aliphatic hydroxyl groups is 1. The van der Waals surface area contributed by atoms with Gasteiger partial charge in [0.25, 0.3) is 0 Å². The smallest absolute Gasteiger partial charge is 0.462 e. The molecule has 0 amide bonds. The fourth-order valence-corrected chi connectivity index (χ4v) is 11.6. The number of carbonyl (C=O) groups is 4. The van der Waals surface area contributed by atoms with E-state index in [2.05, 4.69) is 41.5 Å². The lowest BCUT2D eigenvalue weighted by Gasteiger charge is -2.21. The normalized spacial score (nSPS) is 14.5. The van der Waals surface area contributed by atoms with Crippen LogP contribution in [0.2, 0.25) is 0 Å². The fraction of sp³-hybridized carbons (Fsp3) is 0.940. The first-order valence-corrected chi connectivity index (χ1v) is 38.0. The van der Waals surface area contributed by atoms with Crippen LogP contribution in [-0.2, 0) is 65.4 Å². The van der Waals surface area contributed by atoms with Gasteiger partial charge in [0, 0.05) is 25.7 Å². The fourth-order valence-electron chi connectivity index (χ4n) is 10.0. The standard InChI is InChI=1S/C67H130O17P2/c1-7-10-12-14-16-18-19-20-21-22-28-32-39-45-51-66(71)83-62(55-78-65(70)50-44-38-31-27-24-23-26-29-35-41-47-59(4)5)57-81-85(73,74)79-53-61(68)54-80-86(75,76)82-58-63(56-77-64(69)49-43-37-30-25-17-15-13-11-8-2)84-67(72)52-46-40-34-33-36-42-48-60(6)9-3/h59-63,68H,7-58H2,1-6H3,(H,73,74)(H,75,76)/t60?,61-,62-,63-/m1/s1. The molecule has 0 fully saturated rings. The highest BCUT2D eigenvalue weighted by molar-refractivity contribution is 7.47. The van der Waals surface area contributed by atoms with Crippen LogP contribution in [0.4, 0.5) is 0 Å². The summed E-state index contributed by atoms with van der Waals surface area (Å²) in [4.78, 5) is 72.3. The summed E-state index contributed by atoms with van der Waals surface area (Å²) in [7, 11) is -9.89. The molecule has 19 heteroatoms. The molecular weight excluding hydrogens is 1140 g/mol. The van der Waals surface area contributed by atoms with Crippen LogP contribution in [0.3, 0.4) is 0 Å². The zero-order chi connectivity index (χ0) is 63.6. The third kappa shape index (κ3) is 59.7. The second-order valence-electron chi connectivity index (χ2n) is 24.9. The minimum absolute atomic E-state index is 0.103. The molecule has 0 saturated heterocycles. The topological polar surface area (TPSA) is 237 Å². The number of phosphoric acid groups is 2. The number of unbranched alkanes of at least 4 members (excludes halogenated alkanes) is 35. The molecule has 0 rings (SSSR count). The van der Waals surface area contributed by atoms with Crippen LogP contribution >= 0.6 is 15.6 Å². The van der Waals surface area contributed by atoms with Gasteiger partial charge in [-0.1, -0.05) is 286 Å². The molecule has 0 aromatic heterocycles. The van der Waals surface area contributed by atoms with E-state index < -0.39 is 97.5 Å². The van der Waals surface area contributed by atoms with Crippen molar-refractivity contribution in [3.63, 3.8) is 0 Å². The average molecular weight is 1270 g/mol. The molecule has 0 radical (unpaired) electrons. The van der Waals surface area contributed by atoms with Gasteiger partial charge in [-0.3, -0.25) is 37.3 Å². The third-order valence-corrected chi connectivity index (χ3v) is 17.7. The second-order valence-corrected chi connectivity index (χ2v) is 27.8. The summed E-state index contributed by atoms with van der Waals surface area (Å²) < 4.78 is 68.1. The minimum Gasteiger partial charge on any atom is -0.462 e. The second kappa shape index (κ2) is 59.4. The molecule has 0 saturated carbocycles. The first-order valence-electron chi connectivity index (χ1n) is 35.0. The molecule has 510 valence electrons. The van der Waals surface area contributed by atoms with E-state index in [0.29, 0.717) is 25.7 Å². The first kappa shape index (κ1) is 84.1. The summed E-state index contributed by atoms with van der Waals surface area (Å²) in [6.07, 6.45) is 43.0. The van der Waals surface area contributed by atoms with Crippen molar-refractivity contribution in [2.75, 3.05) is 39.6 Å². The van der Waals surface area contributed by atoms with Gasteiger partial charge in [0.05, 0.1) is 26.4 Å². The Hall–Kier alpha value is -1.94. The van der Waals surface area contributed by atoms with Gasteiger partial charge in [0.15, 0.2) is 12.2 Å². The molecule has 0 bridgehead atoms. The number of carbonyl (C=O) groups excluding carboxylic acids is 4. The Bertz CT molecular complexity index is 1690. The Morgan fingerprint density at radius 1 is 0.337 bits per heavy atom. The summed E-state index contributed by atoms with van der Waals surface area (Å²) in [6, 6.07) is 0. The number of ether oxygens (including phenoxy) is 4. The molecule has 0 aliphatic heterocycles. The SMILES string of the molecule is CCCCCCCCCCCCCCCCC(=O)O[C@H](COC(=O)CCCCCCCCCCCCC(C)C)COP(=O)(O)OC[C@@H](O)COP(=O)(O)OC[C@@H](COC(=O)CCCCCCCCCCC)OC(=O)CCCCCCCCC(C)CC. The van der Waals surface area contributed by atoms with Crippen LogP contribution in [0.1, 0.15) is 337 Å². The summed E-state index contributed by atoms with van der Waals surface area (Å²) >= 11 is 0. The molecule has 17 nitrogen and oxygen atoms in total. The molecule has 0 aromatic rings. The highest BCUT2D eigenvalue weighted by atomic mass is 31.2. The predicted octanol–water partition coefficient (Wildman–Crippen LogP) is 18.8. The maximum atomic E-state index is 13.0. The molecule has 3 unspecified atom stereocenters. The van der Waals surface area contributed by atoms with Crippen LogP contribution in [0, 0.1) is 11.8 Å². The van der Waals surface area contributed by atoms with E-state index in [1.54, 1.807) is 0 Å². The Morgan fingerprint density at radius 3 is 0.884 bits per heavy atom. The van der Waals surface area contributed by atoms with E-state index in [1.165, 1.54) is 154 Å². The number of hydrogen-bond acceptors (Lipinski definition) is 15. The van der Waals surface area contributed by atoms with Gasteiger partial charge in [0.2, 0.25) is 0 Å². The summed E-state index contributed by atoms with van der Waals surface area (Å²) in [5, 5.41) is 10.6. The van der Waals surface area contributed by atoms with E-state index in [-0.39, 0.29) is 25.7 Å². The maximum Gasteiger partial charge on any atom is 0.472 e. The van der Waals surface area contributed by atoms with Crippen LogP contribution in [0.5, 0.6) is 0 Å². The summed E-state index contributed by atoms with van der Waals surface area (Å²) in [5.41, 5.74) is 0. The van der Waals surface area contributed by atoms with Gasteiger partial charge in [-0.15, -0.1) is 0 Å². The molecule has 0 aromatic carbocycles. The molecule has 0 aliphatic carbocycles. The van der Waals surface area contributed by atoms with E-state index in [4.69, 9.17) is 37.0 Å². The zero-order valence-corrected chi connectivity index (χ0v) is 57.4. The molecule has 86 heavy (non-hydrogen) atoms.